The van der Waals surface area contributed by atoms with Crippen molar-refractivity contribution < 1.29 is 27.5 Å². The lowest BCUT2D eigenvalue weighted by Gasteiger charge is -2.25. The second-order valence-electron chi connectivity index (χ2n) is 7.29. The first-order valence-electron chi connectivity index (χ1n) is 9.50. The number of amides is 3. The molecule has 10 heteroatoms. The number of carbonyl (C=O) groups is 3. The van der Waals surface area contributed by atoms with E-state index in [-0.39, 0.29) is 17.2 Å². The van der Waals surface area contributed by atoms with E-state index in [0.29, 0.717) is 18.7 Å². The van der Waals surface area contributed by atoms with E-state index in [1.807, 2.05) is 5.32 Å². The Morgan fingerprint density at radius 3 is 2.21 bits per heavy atom. The molecule has 9 nitrogen and oxygen atoms in total. The van der Waals surface area contributed by atoms with Crippen LogP contribution in [0, 0.1) is 5.92 Å². The first-order valence-corrected chi connectivity index (χ1v) is 10.9. The monoisotopic (exact) mass is 425 g/mol. The fourth-order valence-corrected chi connectivity index (χ4v) is 4.59. The summed E-state index contributed by atoms with van der Waals surface area (Å²) in [5.41, 5.74) is 5.47. The molecule has 3 N–H and O–H groups in total. The average Bonchev–Trinajstić information content (AvgIpc) is 2.66. The maximum absolute atomic E-state index is 12.7. The number of esters is 1. The van der Waals surface area contributed by atoms with Crippen LogP contribution >= 0.6 is 0 Å². The van der Waals surface area contributed by atoms with Gasteiger partial charge in [0.15, 0.2) is 6.10 Å². The normalized spacial score (nSPS) is 16.2. The lowest BCUT2D eigenvalue weighted by Crippen LogP contribution is -2.45. The number of nitrogens with zero attached hydrogens (tertiary/aromatic N) is 1. The number of rotatable bonds is 7. The third-order valence-corrected chi connectivity index (χ3v) is 6.51. The molecular formula is C19H27N3O6S. The van der Waals surface area contributed by atoms with Crippen LogP contribution in [-0.2, 0) is 30.8 Å². The van der Waals surface area contributed by atoms with Gasteiger partial charge in [0.05, 0.1) is 11.3 Å². The summed E-state index contributed by atoms with van der Waals surface area (Å²) in [4.78, 5) is 35.1. The summed E-state index contributed by atoms with van der Waals surface area (Å²) in [6, 6.07) is 5.00. The molecular weight excluding hydrogens is 398 g/mol. The van der Waals surface area contributed by atoms with Gasteiger partial charge in [-0.2, -0.15) is 4.31 Å². The van der Waals surface area contributed by atoms with Gasteiger partial charge in [0.25, 0.3) is 5.91 Å². The van der Waals surface area contributed by atoms with E-state index in [4.69, 9.17) is 10.5 Å². The third kappa shape index (κ3) is 6.26. The minimum absolute atomic E-state index is 0.142. The molecule has 0 bridgehead atoms. The van der Waals surface area contributed by atoms with Crippen LogP contribution in [0.3, 0.4) is 0 Å². The molecule has 1 aromatic rings. The Morgan fingerprint density at radius 2 is 1.69 bits per heavy atom. The van der Waals surface area contributed by atoms with E-state index in [9.17, 15) is 22.8 Å². The molecule has 1 heterocycles. The predicted molar refractivity (Wildman–Crippen MR) is 105 cm³/mol. The number of nitrogens with one attached hydrogen (secondary N) is 1. The maximum atomic E-state index is 12.7. The van der Waals surface area contributed by atoms with Gasteiger partial charge in [-0.25, -0.2) is 13.2 Å². The molecule has 0 radical (unpaired) electrons. The highest BCUT2D eigenvalue weighted by Gasteiger charge is 2.28. The molecule has 0 saturated carbocycles. The molecule has 2 rings (SSSR count). The number of hydrogen-bond donors (Lipinski definition) is 2. The Bertz CT molecular complexity index is 845. The molecule has 1 aliphatic heterocycles. The minimum atomic E-state index is -3.54. The molecule has 0 aliphatic carbocycles. The van der Waals surface area contributed by atoms with Crippen molar-refractivity contribution in [3.8, 4) is 0 Å². The van der Waals surface area contributed by atoms with Crippen molar-refractivity contribution >= 4 is 27.9 Å². The fraction of sp³-hybridized carbons (Fsp3) is 0.526. The van der Waals surface area contributed by atoms with Gasteiger partial charge in [-0.3, -0.25) is 14.9 Å². The summed E-state index contributed by atoms with van der Waals surface area (Å²) in [6.45, 7) is 4.36. The largest absolute Gasteiger partial charge is 0.452 e. The number of benzene rings is 1. The van der Waals surface area contributed by atoms with Crippen molar-refractivity contribution in [2.45, 2.75) is 50.5 Å². The van der Waals surface area contributed by atoms with Crippen LogP contribution in [0.4, 0.5) is 4.79 Å². The van der Waals surface area contributed by atoms with E-state index in [1.54, 1.807) is 26.0 Å². The number of carbonyl (C=O) groups excluding carboxylic acids is 3. The zero-order chi connectivity index (χ0) is 21.6. The number of piperidine rings is 1. The Kier molecular flexibility index (Phi) is 7.74. The van der Waals surface area contributed by atoms with Crippen LogP contribution in [0.2, 0.25) is 0 Å². The Balaban J connectivity index is 2.02. The number of imide groups is 1. The molecule has 1 saturated heterocycles. The van der Waals surface area contributed by atoms with Crippen molar-refractivity contribution in [3.63, 3.8) is 0 Å². The zero-order valence-electron chi connectivity index (χ0n) is 16.6. The van der Waals surface area contributed by atoms with Crippen molar-refractivity contribution in [3.05, 3.63) is 29.8 Å². The van der Waals surface area contributed by atoms with Gasteiger partial charge in [-0.1, -0.05) is 32.4 Å². The summed E-state index contributed by atoms with van der Waals surface area (Å²) >= 11 is 0. The molecule has 0 spiro atoms. The van der Waals surface area contributed by atoms with Gasteiger partial charge < -0.3 is 10.5 Å². The molecule has 1 aliphatic rings. The first kappa shape index (κ1) is 22.8. The zero-order valence-corrected chi connectivity index (χ0v) is 17.4. The van der Waals surface area contributed by atoms with Gasteiger partial charge in [0.1, 0.15) is 0 Å². The number of sulfonamides is 1. The van der Waals surface area contributed by atoms with Crippen molar-refractivity contribution in [1.29, 1.82) is 0 Å². The van der Waals surface area contributed by atoms with Crippen LogP contribution in [0.5, 0.6) is 0 Å². The summed E-state index contributed by atoms with van der Waals surface area (Å²) in [6.07, 6.45) is 1.43. The molecule has 3 amide bonds. The van der Waals surface area contributed by atoms with E-state index in [0.717, 1.165) is 19.3 Å². The van der Waals surface area contributed by atoms with E-state index in [2.05, 4.69) is 0 Å². The minimum Gasteiger partial charge on any atom is -0.452 e. The van der Waals surface area contributed by atoms with Crippen molar-refractivity contribution in [2.24, 2.45) is 11.7 Å². The molecule has 1 aromatic carbocycles. The third-order valence-electron chi connectivity index (χ3n) is 4.59. The van der Waals surface area contributed by atoms with E-state index in [1.165, 1.54) is 16.4 Å². The lowest BCUT2D eigenvalue weighted by molar-refractivity contribution is -0.157. The summed E-state index contributed by atoms with van der Waals surface area (Å²) in [5, 5.41) is 1.90. The topological polar surface area (TPSA) is 136 Å². The van der Waals surface area contributed by atoms with Crippen LogP contribution in [0.15, 0.2) is 29.2 Å². The number of hydrogen-bond acceptors (Lipinski definition) is 6. The predicted octanol–water partition coefficient (Wildman–Crippen LogP) is 1.17. The number of urea groups is 1. The van der Waals surface area contributed by atoms with Gasteiger partial charge in [0.2, 0.25) is 10.0 Å². The average molecular weight is 426 g/mol. The van der Waals surface area contributed by atoms with Crippen LogP contribution in [-0.4, -0.2) is 49.8 Å². The van der Waals surface area contributed by atoms with Gasteiger partial charge in [0, 0.05) is 13.1 Å². The second-order valence-corrected chi connectivity index (χ2v) is 9.23. The summed E-state index contributed by atoms with van der Waals surface area (Å²) < 4.78 is 32.0. The SMILES string of the molecule is CC(C)[C@H](OC(=O)Cc1ccc(S(=O)(=O)N2CCCCC2)cc1)C(=O)NC(N)=O. The molecule has 0 aromatic heterocycles. The van der Waals surface area contributed by atoms with Gasteiger partial charge >= 0.3 is 12.0 Å². The molecule has 0 unspecified atom stereocenters. The van der Waals surface area contributed by atoms with Crippen LogP contribution < -0.4 is 11.1 Å². The second kappa shape index (κ2) is 9.84. The lowest BCUT2D eigenvalue weighted by atomic mass is 10.1. The van der Waals surface area contributed by atoms with E-state index < -0.39 is 34.0 Å². The highest BCUT2D eigenvalue weighted by molar-refractivity contribution is 7.89. The van der Waals surface area contributed by atoms with Crippen LogP contribution in [0.25, 0.3) is 0 Å². The molecule has 1 fully saturated rings. The smallest absolute Gasteiger partial charge is 0.318 e. The Hall–Kier alpha value is -2.46. The Labute approximate surface area is 170 Å². The number of nitrogens with two attached hydrogens (primary N) is 1. The molecule has 29 heavy (non-hydrogen) atoms. The highest BCUT2D eigenvalue weighted by Crippen LogP contribution is 2.21. The van der Waals surface area contributed by atoms with Gasteiger partial charge in [-0.05, 0) is 36.5 Å². The standard InChI is InChI=1S/C19H27N3O6S/c1-13(2)17(18(24)21-19(20)25)28-16(23)12-14-6-8-15(9-7-14)29(26,27)22-10-4-3-5-11-22/h6-9,13,17H,3-5,10-12H2,1-2H3,(H3,20,21,24,25)/t17-/m0/s1. The first-order chi connectivity index (χ1) is 13.6. The van der Waals surface area contributed by atoms with Crippen LogP contribution in [0.1, 0.15) is 38.7 Å². The van der Waals surface area contributed by atoms with Crippen molar-refractivity contribution in [2.75, 3.05) is 13.1 Å². The van der Waals surface area contributed by atoms with Gasteiger partial charge in [-0.15, -0.1) is 0 Å². The highest BCUT2D eigenvalue weighted by atomic mass is 32.2. The summed E-state index contributed by atoms with van der Waals surface area (Å²) in [5.74, 6) is -1.82. The maximum Gasteiger partial charge on any atom is 0.318 e. The Morgan fingerprint density at radius 1 is 1.10 bits per heavy atom. The summed E-state index contributed by atoms with van der Waals surface area (Å²) in [7, 11) is -3.54. The molecule has 160 valence electrons. The van der Waals surface area contributed by atoms with E-state index >= 15 is 0 Å². The number of ether oxygens (including phenoxy) is 1. The quantitative estimate of drug-likeness (QED) is 0.629. The van der Waals surface area contributed by atoms with Crippen molar-refractivity contribution in [1.82, 2.24) is 9.62 Å². The fourth-order valence-electron chi connectivity index (χ4n) is 3.07. The molecule has 1 atom stereocenters. The number of primary amides is 1.